The van der Waals surface area contributed by atoms with Crippen LogP contribution in [0.25, 0.3) is 5.52 Å². The van der Waals surface area contributed by atoms with Crippen LogP contribution >= 0.6 is 0 Å². The number of ketones is 1. The number of nitrogens with zero attached hydrogens (tertiary/aromatic N) is 2. The van der Waals surface area contributed by atoms with E-state index in [-0.39, 0.29) is 17.0 Å². The lowest BCUT2D eigenvalue weighted by atomic mass is 9.94. The van der Waals surface area contributed by atoms with Crippen molar-refractivity contribution in [2.24, 2.45) is 0 Å². The van der Waals surface area contributed by atoms with E-state index in [4.69, 9.17) is 0 Å². The number of amides is 1. The first-order valence-electron chi connectivity index (χ1n) is 11.0. The Bertz CT molecular complexity index is 1340. The van der Waals surface area contributed by atoms with E-state index < -0.39 is 11.7 Å². The van der Waals surface area contributed by atoms with Gasteiger partial charge >= 0.3 is 0 Å². The largest absolute Gasteiger partial charge is 0.492 e. The van der Waals surface area contributed by atoms with Crippen molar-refractivity contribution < 1.29 is 14.7 Å². The average Bonchev–Trinajstić information content (AvgIpc) is 3.13. The van der Waals surface area contributed by atoms with Crippen molar-refractivity contribution >= 4 is 17.2 Å². The summed E-state index contributed by atoms with van der Waals surface area (Å²) in [5.41, 5.74) is 6.28. The molecule has 4 aromatic rings. The second kappa shape index (κ2) is 9.28. The minimum atomic E-state index is -0.715. The topological polar surface area (TPSA) is 83.7 Å². The van der Waals surface area contributed by atoms with Crippen LogP contribution in [0.2, 0.25) is 0 Å². The van der Waals surface area contributed by atoms with E-state index in [0.717, 1.165) is 23.2 Å². The van der Waals surface area contributed by atoms with Gasteiger partial charge in [-0.1, -0.05) is 61.5 Å². The standard InChI is InChI=1S/C27H27N3O3/c1-4-21-22(15-20-13-9-8-12-19(20)14-18-10-6-5-7-11-18)30-16-17(2)29-26(32)24(30)23(21)25(31)27(33)28-3/h5-13,16H,4,14-15H2,1-3H3,(H,28,33)(H,29,32). The number of nitrogens with one attached hydrogen (secondary N) is 1. The van der Waals surface area contributed by atoms with Crippen LogP contribution in [0, 0.1) is 6.92 Å². The molecule has 4 rings (SSSR count). The second-order valence-corrected chi connectivity index (χ2v) is 8.09. The number of hydrogen-bond acceptors (Lipinski definition) is 4. The summed E-state index contributed by atoms with van der Waals surface area (Å²) in [5, 5.41) is 13.1. The monoisotopic (exact) mass is 441 g/mol. The van der Waals surface area contributed by atoms with Gasteiger partial charge < -0.3 is 14.8 Å². The number of aromatic hydroxyl groups is 1. The van der Waals surface area contributed by atoms with Crippen molar-refractivity contribution in [3.8, 4) is 5.88 Å². The fraction of sp³-hybridized carbons (Fsp3) is 0.222. The summed E-state index contributed by atoms with van der Waals surface area (Å²) in [7, 11) is 1.42. The van der Waals surface area contributed by atoms with E-state index in [2.05, 4.69) is 34.6 Å². The Morgan fingerprint density at radius 1 is 1.00 bits per heavy atom. The Balaban J connectivity index is 1.89. The van der Waals surface area contributed by atoms with Crippen molar-refractivity contribution in [1.82, 2.24) is 14.7 Å². The molecule has 2 N–H and O–H groups in total. The molecule has 0 radical (unpaired) electrons. The van der Waals surface area contributed by atoms with Gasteiger partial charge in [-0.3, -0.25) is 9.59 Å². The fourth-order valence-corrected chi connectivity index (χ4v) is 4.43. The lowest BCUT2D eigenvalue weighted by Gasteiger charge is -2.12. The third-order valence-electron chi connectivity index (χ3n) is 5.96. The summed E-state index contributed by atoms with van der Waals surface area (Å²) >= 11 is 0. The Kier molecular flexibility index (Phi) is 6.27. The second-order valence-electron chi connectivity index (χ2n) is 8.09. The van der Waals surface area contributed by atoms with Gasteiger partial charge in [0.05, 0.1) is 11.3 Å². The van der Waals surface area contributed by atoms with E-state index in [1.54, 1.807) is 6.92 Å². The maximum Gasteiger partial charge on any atom is 0.292 e. The van der Waals surface area contributed by atoms with Crippen molar-refractivity contribution in [2.45, 2.75) is 33.1 Å². The summed E-state index contributed by atoms with van der Waals surface area (Å²) in [5.74, 6) is -1.63. The number of carbonyl (C=O) groups is 2. The molecule has 0 saturated carbocycles. The SMILES string of the molecule is CCc1c(C(=O)C(=O)NC)c2c(O)nc(C)cn2c1Cc1ccccc1Cc1ccccc1. The van der Waals surface area contributed by atoms with Gasteiger partial charge in [0.1, 0.15) is 5.52 Å². The van der Waals surface area contributed by atoms with E-state index in [1.165, 1.54) is 18.2 Å². The van der Waals surface area contributed by atoms with Crippen molar-refractivity contribution in [2.75, 3.05) is 7.05 Å². The van der Waals surface area contributed by atoms with Gasteiger partial charge in [-0.15, -0.1) is 0 Å². The van der Waals surface area contributed by atoms with Crippen LogP contribution in [0.1, 0.15) is 50.9 Å². The number of aromatic nitrogens is 2. The molecule has 0 spiro atoms. The molecule has 33 heavy (non-hydrogen) atoms. The van der Waals surface area contributed by atoms with Crippen LogP contribution < -0.4 is 5.32 Å². The molecule has 0 aliphatic heterocycles. The Hall–Kier alpha value is -3.93. The summed E-state index contributed by atoms with van der Waals surface area (Å²) in [6, 6.07) is 18.5. The van der Waals surface area contributed by atoms with Gasteiger partial charge in [0.15, 0.2) is 0 Å². The predicted octanol–water partition coefficient (Wildman–Crippen LogP) is 4.02. The van der Waals surface area contributed by atoms with Gasteiger partial charge in [0.25, 0.3) is 11.7 Å². The number of benzene rings is 2. The Labute approximate surface area is 192 Å². The number of carbonyl (C=O) groups excluding carboxylic acids is 2. The molecule has 168 valence electrons. The molecule has 1 amide bonds. The highest BCUT2D eigenvalue weighted by Gasteiger charge is 2.29. The molecule has 2 heterocycles. The minimum Gasteiger partial charge on any atom is -0.492 e. The molecule has 0 atom stereocenters. The molecule has 6 heteroatoms. The maximum atomic E-state index is 13.0. The highest BCUT2D eigenvalue weighted by atomic mass is 16.3. The maximum absolute atomic E-state index is 13.0. The third-order valence-corrected chi connectivity index (χ3v) is 5.96. The number of aryl methyl sites for hydroxylation is 1. The van der Waals surface area contributed by atoms with E-state index in [0.29, 0.717) is 18.5 Å². The molecular formula is C27H27N3O3. The Morgan fingerprint density at radius 3 is 2.27 bits per heavy atom. The Morgan fingerprint density at radius 2 is 1.64 bits per heavy atom. The number of fused-ring (bicyclic) bond motifs is 1. The van der Waals surface area contributed by atoms with Crippen molar-refractivity contribution in [3.63, 3.8) is 0 Å². The zero-order valence-electron chi connectivity index (χ0n) is 19.1. The first-order valence-corrected chi connectivity index (χ1v) is 11.0. The molecule has 0 aliphatic carbocycles. The zero-order valence-corrected chi connectivity index (χ0v) is 19.1. The molecule has 6 nitrogen and oxygen atoms in total. The van der Waals surface area contributed by atoms with Gasteiger partial charge in [-0.2, -0.15) is 0 Å². The summed E-state index contributed by atoms with van der Waals surface area (Å²) in [6.45, 7) is 3.74. The highest BCUT2D eigenvalue weighted by molar-refractivity contribution is 6.44. The normalized spacial score (nSPS) is 11.0. The number of likely N-dealkylation sites (N-methyl/N-ethyl adjacent to an activating group) is 1. The molecule has 2 aromatic heterocycles. The quantitative estimate of drug-likeness (QED) is 0.335. The fourth-order valence-electron chi connectivity index (χ4n) is 4.43. The summed E-state index contributed by atoms with van der Waals surface area (Å²) in [4.78, 5) is 29.4. The average molecular weight is 442 g/mol. The van der Waals surface area contributed by atoms with Gasteiger partial charge in [0, 0.05) is 25.4 Å². The molecule has 0 aliphatic rings. The van der Waals surface area contributed by atoms with Crippen LogP contribution in [-0.4, -0.2) is 33.2 Å². The van der Waals surface area contributed by atoms with Gasteiger partial charge in [-0.05, 0) is 42.0 Å². The molecule has 2 aromatic carbocycles. The molecular weight excluding hydrogens is 414 g/mol. The van der Waals surface area contributed by atoms with Crippen molar-refractivity contribution in [1.29, 1.82) is 0 Å². The molecule has 0 saturated heterocycles. The minimum absolute atomic E-state index is 0.220. The number of Topliss-reactive ketones (excluding diaryl/α,β-unsaturated/α-hetero) is 1. The highest BCUT2D eigenvalue weighted by Crippen LogP contribution is 2.32. The zero-order chi connectivity index (χ0) is 23.5. The summed E-state index contributed by atoms with van der Waals surface area (Å²) in [6.07, 6.45) is 3.69. The van der Waals surface area contributed by atoms with Crippen LogP contribution in [0.4, 0.5) is 0 Å². The smallest absolute Gasteiger partial charge is 0.292 e. The lowest BCUT2D eigenvalue weighted by Crippen LogP contribution is -2.28. The summed E-state index contributed by atoms with van der Waals surface area (Å²) < 4.78 is 1.83. The first-order chi connectivity index (χ1) is 15.9. The van der Waals surface area contributed by atoms with Gasteiger partial charge in [-0.25, -0.2) is 4.98 Å². The lowest BCUT2D eigenvalue weighted by molar-refractivity contribution is -0.116. The van der Waals surface area contributed by atoms with E-state index in [1.807, 2.05) is 47.9 Å². The van der Waals surface area contributed by atoms with Gasteiger partial charge in [0.2, 0.25) is 5.88 Å². The van der Waals surface area contributed by atoms with E-state index >= 15 is 0 Å². The number of hydrogen-bond donors (Lipinski definition) is 2. The number of rotatable bonds is 7. The first kappa shape index (κ1) is 22.3. The van der Waals surface area contributed by atoms with Crippen molar-refractivity contribution in [3.05, 3.63) is 100.0 Å². The van der Waals surface area contributed by atoms with Crippen LogP contribution in [0.15, 0.2) is 60.8 Å². The van der Waals surface area contributed by atoms with Crippen LogP contribution in [0.3, 0.4) is 0 Å². The van der Waals surface area contributed by atoms with E-state index in [9.17, 15) is 14.7 Å². The molecule has 0 fully saturated rings. The predicted molar refractivity (Wildman–Crippen MR) is 128 cm³/mol. The third kappa shape index (κ3) is 4.24. The van der Waals surface area contributed by atoms with Crippen LogP contribution in [0.5, 0.6) is 5.88 Å². The molecule has 0 unspecified atom stereocenters. The molecule has 0 bridgehead atoms. The van der Waals surface area contributed by atoms with Crippen LogP contribution in [-0.2, 0) is 24.1 Å².